The molecule has 0 aliphatic rings. The molecule has 21 heavy (non-hydrogen) atoms. The topological polar surface area (TPSA) is 75.1 Å². The number of unbranched alkanes of at least 4 members (excludes halogenated alkanes) is 1. The van der Waals surface area contributed by atoms with E-state index in [4.69, 9.17) is 0 Å². The Morgan fingerprint density at radius 2 is 2.10 bits per heavy atom. The molecule has 1 rings (SSSR count). The lowest BCUT2D eigenvalue weighted by atomic mass is 9.95. The van der Waals surface area contributed by atoms with Gasteiger partial charge in [0.15, 0.2) is 8.68 Å². The number of aromatic nitrogens is 2. The van der Waals surface area contributed by atoms with Crippen molar-refractivity contribution in [3.8, 4) is 0 Å². The summed E-state index contributed by atoms with van der Waals surface area (Å²) in [6.07, 6.45) is 5.45. The summed E-state index contributed by atoms with van der Waals surface area (Å²) in [7, 11) is 0. The third kappa shape index (κ3) is 6.54. The fourth-order valence-electron chi connectivity index (χ4n) is 1.75. The smallest absolute Gasteiger partial charge is 0.323 e. The van der Waals surface area contributed by atoms with Crippen LogP contribution in [-0.4, -0.2) is 45.4 Å². The Bertz CT molecular complexity index is 442. The second-order valence-corrected chi connectivity index (χ2v) is 8.28. The molecule has 0 aliphatic carbocycles. The summed E-state index contributed by atoms with van der Waals surface area (Å²) in [6, 6.07) is 0. The van der Waals surface area contributed by atoms with Crippen molar-refractivity contribution in [3.05, 3.63) is 0 Å². The highest BCUT2D eigenvalue weighted by Crippen LogP contribution is 2.28. The largest absolute Gasteiger partial charge is 0.480 e. The molecule has 0 amide bonds. The number of hydrogen-bond donors (Lipinski definition) is 2. The van der Waals surface area contributed by atoms with Crippen molar-refractivity contribution in [2.75, 3.05) is 18.6 Å². The fraction of sp³-hybridized carbons (Fsp3) is 0.769. The van der Waals surface area contributed by atoms with Crippen LogP contribution < -0.4 is 5.32 Å². The van der Waals surface area contributed by atoms with Crippen LogP contribution in [0.3, 0.4) is 0 Å². The van der Waals surface area contributed by atoms with E-state index in [1.54, 1.807) is 41.8 Å². The third-order valence-corrected chi connectivity index (χ3v) is 6.21. The Labute approximate surface area is 138 Å². The molecule has 0 aromatic carbocycles. The van der Waals surface area contributed by atoms with Gasteiger partial charge in [-0.25, -0.2) is 0 Å². The van der Waals surface area contributed by atoms with Gasteiger partial charge in [-0.05, 0) is 39.0 Å². The summed E-state index contributed by atoms with van der Waals surface area (Å²) in [6.45, 7) is 4.55. The minimum absolute atomic E-state index is 0.648. The minimum Gasteiger partial charge on any atom is -0.480 e. The average Bonchev–Trinajstić information content (AvgIpc) is 2.92. The number of aliphatic carboxylic acids is 1. The predicted octanol–water partition coefficient (Wildman–Crippen LogP) is 3.37. The van der Waals surface area contributed by atoms with Gasteiger partial charge >= 0.3 is 5.97 Å². The molecule has 0 radical (unpaired) electrons. The summed E-state index contributed by atoms with van der Waals surface area (Å²) < 4.78 is 1.98. The molecule has 0 saturated heterocycles. The molecule has 1 aromatic heterocycles. The Hall–Kier alpha value is -0.310. The molecule has 0 fully saturated rings. The van der Waals surface area contributed by atoms with Crippen LogP contribution >= 0.6 is 34.9 Å². The average molecular weight is 350 g/mol. The first-order valence-electron chi connectivity index (χ1n) is 7.00. The van der Waals surface area contributed by atoms with E-state index in [2.05, 4.69) is 15.5 Å². The normalized spacial score (nSPS) is 14.0. The molecular weight excluding hydrogens is 326 g/mol. The van der Waals surface area contributed by atoms with Crippen molar-refractivity contribution < 1.29 is 9.90 Å². The van der Waals surface area contributed by atoms with E-state index in [1.807, 2.05) is 13.2 Å². The molecule has 120 valence electrons. The quantitative estimate of drug-likeness (QED) is 0.468. The van der Waals surface area contributed by atoms with Crippen LogP contribution in [0.1, 0.15) is 39.5 Å². The van der Waals surface area contributed by atoms with E-state index in [0.717, 1.165) is 40.2 Å². The first kappa shape index (κ1) is 18.7. The van der Waals surface area contributed by atoms with Crippen LogP contribution in [0.15, 0.2) is 8.68 Å². The standard InChI is InChI=1S/C13H23N3O2S3/c1-4-8-14-13(2,10(17)18)7-5-6-9-20-12-16-15-11(19-3)21-12/h14H,4-9H2,1-3H3,(H,17,18). The molecule has 1 unspecified atom stereocenters. The summed E-state index contributed by atoms with van der Waals surface area (Å²) in [5, 5.41) is 20.6. The molecule has 1 aromatic rings. The minimum atomic E-state index is -0.810. The van der Waals surface area contributed by atoms with E-state index in [-0.39, 0.29) is 0 Å². The van der Waals surface area contributed by atoms with Crippen molar-refractivity contribution in [2.45, 2.75) is 53.7 Å². The van der Waals surface area contributed by atoms with Gasteiger partial charge in [0, 0.05) is 5.75 Å². The van der Waals surface area contributed by atoms with Gasteiger partial charge in [0.05, 0.1) is 0 Å². The molecule has 2 N–H and O–H groups in total. The second kappa shape index (κ2) is 9.66. The lowest BCUT2D eigenvalue weighted by Crippen LogP contribution is -2.49. The number of hydrogen-bond acceptors (Lipinski definition) is 7. The van der Waals surface area contributed by atoms with Gasteiger partial charge in [0.1, 0.15) is 5.54 Å². The molecular formula is C13H23N3O2S3. The van der Waals surface area contributed by atoms with Crippen LogP contribution in [0.5, 0.6) is 0 Å². The highest BCUT2D eigenvalue weighted by Gasteiger charge is 2.31. The third-order valence-electron chi connectivity index (χ3n) is 3.10. The van der Waals surface area contributed by atoms with Crippen LogP contribution in [0.4, 0.5) is 0 Å². The molecule has 1 heterocycles. The van der Waals surface area contributed by atoms with Crippen molar-refractivity contribution >= 4 is 40.8 Å². The number of carboxylic acids is 1. The molecule has 0 bridgehead atoms. The molecule has 1 atom stereocenters. The van der Waals surface area contributed by atoms with E-state index in [9.17, 15) is 9.90 Å². The van der Waals surface area contributed by atoms with Crippen molar-refractivity contribution in [1.29, 1.82) is 0 Å². The number of nitrogens with zero attached hydrogens (tertiary/aromatic N) is 2. The number of rotatable bonds is 11. The van der Waals surface area contributed by atoms with Crippen LogP contribution in [0.2, 0.25) is 0 Å². The number of carboxylic acid groups (broad SMARTS) is 1. The highest BCUT2D eigenvalue weighted by atomic mass is 32.2. The van der Waals surface area contributed by atoms with Gasteiger partial charge in [-0.1, -0.05) is 48.2 Å². The summed E-state index contributed by atoms with van der Waals surface area (Å²) in [5.74, 6) is 0.185. The Morgan fingerprint density at radius 1 is 1.38 bits per heavy atom. The Morgan fingerprint density at radius 3 is 2.67 bits per heavy atom. The van der Waals surface area contributed by atoms with Gasteiger partial charge in [-0.3, -0.25) is 4.79 Å². The van der Waals surface area contributed by atoms with Gasteiger partial charge in [-0.2, -0.15) is 0 Å². The van der Waals surface area contributed by atoms with Crippen LogP contribution in [0.25, 0.3) is 0 Å². The van der Waals surface area contributed by atoms with E-state index >= 15 is 0 Å². The molecule has 0 aliphatic heterocycles. The molecule has 0 saturated carbocycles. The fourth-order valence-corrected chi connectivity index (χ4v) is 4.26. The summed E-state index contributed by atoms with van der Waals surface area (Å²) in [5.41, 5.74) is -0.810. The van der Waals surface area contributed by atoms with E-state index in [1.165, 1.54) is 0 Å². The molecule has 8 heteroatoms. The van der Waals surface area contributed by atoms with Crippen LogP contribution in [0, 0.1) is 0 Å². The monoisotopic (exact) mass is 349 g/mol. The van der Waals surface area contributed by atoms with Gasteiger partial charge in [0.2, 0.25) is 0 Å². The van der Waals surface area contributed by atoms with Crippen molar-refractivity contribution in [3.63, 3.8) is 0 Å². The Balaban J connectivity index is 2.26. The second-order valence-electron chi connectivity index (χ2n) is 4.91. The predicted molar refractivity (Wildman–Crippen MR) is 90.6 cm³/mol. The lowest BCUT2D eigenvalue weighted by Gasteiger charge is -2.26. The number of nitrogens with one attached hydrogen (secondary N) is 1. The first-order valence-corrected chi connectivity index (χ1v) is 10.0. The number of carbonyl (C=O) groups is 1. The Kier molecular flexibility index (Phi) is 8.62. The van der Waals surface area contributed by atoms with Gasteiger partial charge < -0.3 is 10.4 Å². The zero-order valence-corrected chi connectivity index (χ0v) is 15.2. The molecule has 0 spiro atoms. The maximum Gasteiger partial charge on any atom is 0.323 e. The van der Waals surface area contributed by atoms with E-state index < -0.39 is 11.5 Å². The number of thioether (sulfide) groups is 2. The zero-order chi connectivity index (χ0) is 15.7. The molecule has 5 nitrogen and oxygen atoms in total. The van der Waals surface area contributed by atoms with Crippen molar-refractivity contribution in [2.24, 2.45) is 0 Å². The lowest BCUT2D eigenvalue weighted by molar-refractivity contribution is -0.144. The maximum absolute atomic E-state index is 11.4. The van der Waals surface area contributed by atoms with Gasteiger partial charge in [0.25, 0.3) is 0 Å². The van der Waals surface area contributed by atoms with Crippen LogP contribution in [-0.2, 0) is 4.79 Å². The SMILES string of the molecule is CCCNC(C)(CCCCSc1nnc(SC)s1)C(=O)O. The zero-order valence-electron chi connectivity index (χ0n) is 12.7. The summed E-state index contributed by atoms with van der Waals surface area (Å²) >= 11 is 4.91. The maximum atomic E-state index is 11.4. The highest BCUT2D eigenvalue weighted by molar-refractivity contribution is 8.02. The van der Waals surface area contributed by atoms with E-state index in [0.29, 0.717) is 6.42 Å². The summed E-state index contributed by atoms with van der Waals surface area (Å²) in [4.78, 5) is 11.4. The first-order chi connectivity index (χ1) is 10.0. The van der Waals surface area contributed by atoms with Gasteiger partial charge in [-0.15, -0.1) is 10.2 Å². The van der Waals surface area contributed by atoms with Crippen molar-refractivity contribution in [1.82, 2.24) is 15.5 Å².